The number of carbonyl (C=O) groups is 1. The van der Waals surface area contributed by atoms with Gasteiger partial charge in [-0.15, -0.1) is 0 Å². The zero-order valence-corrected chi connectivity index (χ0v) is 20.4. The summed E-state index contributed by atoms with van der Waals surface area (Å²) in [6.45, 7) is 9.96. The van der Waals surface area contributed by atoms with Gasteiger partial charge in [0.1, 0.15) is 5.82 Å². The van der Waals surface area contributed by atoms with Crippen LogP contribution in [-0.4, -0.2) is 49.9 Å². The van der Waals surface area contributed by atoms with Crippen LogP contribution in [0.2, 0.25) is 0 Å². The molecule has 6 nitrogen and oxygen atoms in total. The molecule has 33 heavy (non-hydrogen) atoms. The van der Waals surface area contributed by atoms with Crippen molar-refractivity contribution in [2.45, 2.75) is 65.5 Å². The first-order valence-electron chi connectivity index (χ1n) is 12.4. The highest BCUT2D eigenvalue weighted by Crippen LogP contribution is 2.35. The van der Waals surface area contributed by atoms with Gasteiger partial charge in [0.2, 0.25) is 0 Å². The predicted molar refractivity (Wildman–Crippen MR) is 131 cm³/mol. The molecule has 0 radical (unpaired) electrons. The first kappa shape index (κ1) is 22.1. The number of fused-ring (bicyclic) bond motifs is 1. The summed E-state index contributed by atoms with van der Waals surface area (Å²) in [4.78, 5) is 27.0. The standard InChI is InChI=1S/C27H35N5O/c1-18-10-11-21-23(20(3)30(4)25(21)15-18)17-32-14-8-9-24(32)26-28-16-22(19(2)29-26)27(33)31-12-6-5-7-13-31/h10-11,15-16,24H,5-9,12-14,17H2,1-4H3/t24-/m1/s1. The highest BCUT2D eigenvalue weighted by molar-refractivity contribution is 5.95. The number of amides is 1. The van der Waals surface area contributed by atoms with Crippen LogP contribution in [0.25, 0.3) is 10.9 Å². The first-order chi connectivity index (χ1) is 15.9. The van der Waals surface area contributed by atoms with Crippen molar-refractivity contribution in [3.8, 4) is 0 Å². The Kier molecular flexibility index (Phi) is 5.95. The molecule has 2 saturated heterocycles. The summed E-state index contributed by atoms with van der Waals surface area (Å²) in [5.41, 5.74) is 6.77. The summed E-state index contributed by atoms with van der Waals surface area (Å²) in [5, 5.41) is 1.34. The lowest BCUT2D eigenvalue weighted by Gasteiger charge is -2.27. The van der Waals surface area contributed by atoms with Gasteiger partial charge in [-0.2, -0.15) is 0 Å². The minimum atomic E-state index is 0.0868. The van der Waals surface area contributed by atoms with E-state index in [1.54, 1.807) is 6.20 Å². The van der Waals surface area contributed by atoms with Crippen molar-refractivity contribution in [2.24, 2.45) is 7.05 Å². The molecule has 1 amide bonds. The van der Waals surface area contributed by atoms with Crippen LogP contribution in [0.5, 0.6) is 0 Å². The molecule has 5 rings (SSSR count). The maximum atomic E-state index is 13.0. The number of benzene rings is 1. The van der Waals surface area contributed by atoms with Crippen LogP contribution in [0, 0.1) is 20.8 Å². The first-order valence-corrected chi connectivity index (χ1v) is 12.4. The number of hydrogen-bond donors (Lipinski definition) is 0. The fraction of sp³-hybridized carbons (Fsp3) is 0.519. The molecular weight excluding hydrogens is 410 g/mol. The van der Waals surface area contributed by atoms with E-state index in [1.165, 1.54) is 34.1 Å². The quantitative estimate of drug-likeness (QED) is 0.576. The molecule has 2 aromatic heterocycles. The molecule has 6 heteroatoms. The fourth-order valence-corrected chi connectivity index (χ4v) is 5.59. The van der Waals surface area contributed by atoms with Gasteiger partial charge in [-0.25, -0.2) is 9.97 Å². The Morgan fingerprint density at radius 2 is 1.85 bits per heavy atom. The van der Waals surface area contributed by atoms with Crippen LogP contribution in [0.15, 0.2) is 24.4 Å². The van der Waals surface area contributed by atoms with Gasteiger partial charge in [-0.05, 0) is 76.6 Å². The third-order valence-electron chi connectivity index (χ3n) is 7.67. The van der Waals surface area contributed by atoms with Crippen LogP contribution in [0.3, 0.4) is 0 Å². The molecule has 174 valence electrons. The smallest absolute Gasteiger partial charge is 0.257 e. The van der Waals surface area contributed by atoms with E-state index < -0.39 is 0 Å². The monoisotopic (exact) mass is 445 g/mol. The summed E-state index contributed by atoms with van der Waals surface area (Å²) >= 11 is 0. The molecule has 0 unspecified atom stereocenters. The molecule has 1 atom stereocenters. The SMILES string of the molecule is Cc1ccc2c(CN3CCC[C@@H]3c3ncc(C(=O)N4CCCCC4)c(C)n3)c(C)n(C)c2c1. The minimum Gasteiger partial charge on any atom is -0.348 e. The lowest BCUT2D eigenvalue weighted by Crippen LogP contribution is -2.36. The van der Waals surface area contributed by atoms with Crippen molar-refractivity contribution in [1.82, 2.24) is 24.3 Å². The molecule has 0 aliphatic carbocycles. The van der Waals surface area contributed by atoms with Crippen LogP contribution in [0.4, 0.5) is 0 Å². The maximum absolute atomic E-state index is 13.0. The number of likely N-dealkylation sites (tertiary alicyclic amines) is 2. The van der Waals surface area contributed by atoms with E-state index in [2.05, 4.69) is 48.6 Å². The van der Waals surface area contributed by atoms with Crippen molar-refractivity contribution >= 4 is 16.8 Å². The molecule has 0 spiro atoms. The van der Waals surface area contributed by atoms with Crippen LogP contribution in [-0.2, 0) is 13.6 Å². The van der Waals surface area contributed by atoms with E-state index in [1.807, 2.05) is 11.8 Å². The van der Waals surface area contributed by atoms with E-state index in [4.69, 9.17) is 9.97 Å². The molecule has 4 heterocycles. The summed E-state index contributed by atoms with van der Waals surface area (Å²) < 4.78 is 2.31. The van der Waals surface area contributed by atoms with Crippen molar-refractivity contribution in [1.29, 1.82) is 0 Å². The van der Waals surface area contributed by atoms with Crippen LogP contribution < -0.4 is 0 Å². The maximum Gasteiger partial charge on any atom is 0.257 e. The Labute approximate surface area is 196 Å². The Morgan fingerprint density at radius 1 is 1.06 bits per heavy atom. The van der Waals surface area contributed by atoms with E-state index in [9.17, 15) is 4.79 Å². The zero-order valence-electron chi connectivity index (χ0n) is 20.4. The highest BCUT2D eigenvalue weighted by Gasteiger charge is 2.31. The van der Waals surface area contributed by atoms with E-state index in [0.29, 0.717) is 5.56 Å². The van der Waals surface area contributed by atoms with E-state index >= 15 is 0 Å². The third-order valence-corrected chi connectivity index (χ3v) is 7.67. The van der Waals surface area contributed by atoms with Gasteiger partial charge < -0.3 is 9.47 Å². The van der Waals surface area contributed by atoms with Crippen LogP contribution in [0.1, 0.15) is 76.8 Å². The summed E-state index contributed by atoms with van der Waals surface area (Å²) in [5.74, 6) is 0.942. The van der Waals surface area contributed by atoms with Crippen molar-refractivity contribution in [3.05, 3.63) is 58.3 Å². The predicted octanol–water partition coefficient (Wildman–Crippen LogP) is 4.86. The minimum absolute atomic E-state index is 0.0868. The fourth-order valence-electron chi connectivity index (χ4n) is 5.59. The lowest BCUT2D eigenvalue weighted by molar-refractivity contribution is 0.0722. The molecule has 3 aromatic rings. The second kappa shape index (κ2) is 8.90. The zero-order chi connectivity index (χ0) is 23.1. The normalized spacial score (nSPS) is 19.5. The van der Waals surface area contributed by atoms with Gasteiger partial charge >= 0.3 is 0 Å². The Morgan fingerprint density at radius 3 is 2.61 bits per heavy atom. The Hall–Kier alpha value is -2.73. The highest BCUT2D eigenvalue weighted by atomic mass is 16.2. The summed E-state index contributed by atoms with van der Waals surface area (Å²) in [6.07, 6.45) is 7.37. The molecule has 2 aliphatic heterocycles. The largest absolute Gasteiger partial charge is 0.348 e. The second-order valence-corrected chi connectivity index (χ2v) is 9.85. The summed E-state index contributed by atoms with van der Waals surface area (Å²) in [7, 11) is 2.16. The number of carbonyl (C=O) groups excluding carboxylic acids is 1. The molecule has 0 N–H and O–H groups in total. The van der Waals surface area contributed by atoms with Crippen molar-refractivity contribution in [2.75, 3.05) is 19.6 Å². The topological polar surface area (TPSA) is 54.3 Å². The molecule has 1 aromatic carbocycles. The van der Waals surface area contributed by atoms with Gasteiger partial charge in [-0.1, -0.05) is 12.1 Å². The third kappa shape index (κ3) is 4.05. The molecule has 2 aliphatic rings. The van der Waals surface area contributed by atoms with Crippen molar-refractivity contribution in [3.63, 3.8) is 0 Å². The molecule has 0 bridgehead atoms. The number of hydrogen-bond acceptors (Lipinski definition) is 4. The Bertz CT molecular complexity index is 1190. The molecule has 0 saturated carbocycles. The molecule has 2 fully saturated rings. The Balaban J connectivity index is 1.39. The average molecular weight is 446 g/mol. The van der Waals surface area contributed by atoms with Crippen LogP contribution >= 0.6 is 0 Å². The van der Waals surface area contributed by atoms with Gasteiger partial charge in [0.25, 0.3) is 5.91 Å². The number of nitrogens with zero attached hydrogens (tertiary/aromatic N) is 5. The average Bonchev–Trinajstić information content (AvgIpc) is 3.38. The number of aryl methyl sites for hydroxylation is 3. The van der Waals surface area contributed by atoms with E-state index in [-0.39, 0.29) is 11.9 Å². The number of aromatic nitrogens is 3. The van der Waals surface area contributed by atoms with Gasteiger partial charge in [0.05, 0.1) is 17.3 Å². The van der Waals surface area contributed by atoms with Gasteiger partial charge in [-0.3, -0.25) is 9.69 Å². The van der Waals surface area contributed by atoms with Gasteiger partial charge in [0.15, 0.2) is 0 Å². The van der Waals surface area contributed by atoms with Crippen molar-refractivity contribution < 1.29 is 4.79 Å². The number of piperidine rings is 1. The second-order valence-electron chi connectivity index (χ2n) is 9.85. The number of rotatable bonds is 4. The lowest BCUT2D eigenvalue weighted by atomic mass is 10.1. The summed E-state index contributed by atoms with van der Waals surface area (Å²) in [6, 6.07) is 6.94. The molecular formula is C27H35N5O. The van der Waals surface area contributed by atoms with Gasteiger partial charge in [0, 0.05) is 49.5 Å². The van der Waals surface area contributed by atoms with E-state index in [0.717, 1.165) is 63.4 Å².